The molecule has 14 heteroatoms. The van der Waals surface area contributed by atoms with Gasteiger partial charge in [0.05, 0.1) is 19.3 Å². The highest BCUT2D eigenvalue weighted by Gasteiger charge is 2.39. The van der Waals surface area contributed by atoms with Crippen molar-refractivity contribution in [2.75, 3.05) is 19.4 Å². The van der Waals surface area contributed by atoms with E-state index < -0.39 is 48.3 Å². The quantitative estimate of drug-likeness (QED) is 0.293. The van der Waals surface area contributed by atoms with Gasteiger partial charge in [-0.25, -0.2) is 4.79 Å². The van der Waals surface area contributed by atoms with Gasteiger partial charge in [-0.05, 0) is 13.2 Å². The molecular weight excluding hydrogens is 463 g/mol. The van der Waals surface area contributed by atoms with Gasteiger partial charge in [0.25, 0.3) is 5.56 Å². The van der Waals surface area contributed by atoms with Crippen LogP contribution in [0.25, 0.3) is 0 Å². The maximum Gasteiger partial charge on any atom is 0.471 e. The molecule has 1 aliphatic rings. The molecule has 1 amide bonds. The van der Waals surface area contributed by atoms with E-state index in [9.17, 15) is 32.7 Å². The maximum absolute atomic E-state index is 12.2. The first-order valence-corrected chi connectivity index (χ1v) is 11.5. The van der Waals surface area contributed by atoms with Gasteiger partial charge in [0.2, 0.25) is 0 Å². The second kappa shape index (κ2) is 11.1. The van der Waals surface area contributed by atoms with Crippen LogP contribution in [-0.4, -0.2) is 63.8 Å². The number of amides is 1. The molecule has 1 unspecified atom stereocenters. The molecule has 0 saturated carbocycles. The maximum atomic E-state index is 12.2. The largest absolute Gasteiger partial charge is 0.471 e. The summed E-state index contributed by atoms with van der Waals surface area (Å²) in [6.45, 7) is 0.839. The Morgan fingerprint density at radius 3 is 2.84 bits per heavy atom. The zero-order valence-corrected chi connectivity index (χ0v) is 18.0. The summed E-state index contributed by atoms with van der Waals surface area (Å²) < 4.78 is 49.0. The van der Waals surface area contributed by atoms with Gasteiger partial charge in [-0.2, -0.15) is 13.2 Å². The van der Waals surface area contributed by atoms with Crippen molar-refractivity contribution in [3.8, 4) is 11.8 Å². The number of carbonyl (C=O) groups excluding carboxylic acids is 1. The number of aliphatic hydroxyl groups excluding tert-OH is 1. The van der Waals surface area contributed by atoms with Gasteiger partial charge in [0.15, 0.2) is 0 Å². The summed E-state index contributed by atoms with van der Waals surface area (Å²) in [5, 5.41) is 11.1. The average Bonchev–Trinajstić information content (AvgIpc) is 3.08. The highest BCUT2D eigenvalue weighted by atomic mass is 33.1. The smallest absolute Gasteiger partial charge is 0.394 e. The number of ether oxygens (including phenoxy) is 2. The Balaban J connectivity index is 2.16. The number of carbonyl (C=O) groups is 1. The van der Waals surface area contributed by atoms with Crippen molar-refractivity contribution >= 4 is 27.5 Å². The number of rotatable bonds is 7. The zero-order valence-electron chi connectivity index (χ0n) is 16.4. The molecule has 0 bridgehead atoms. The summed E-state index contributed by atoms with van der Waals surface area (Å²) in [6, 6.07) is 0. The molecule has 2 rings (SSSR count). The van der Waals surface area contributed by atoms with E-state index in [1.54, 1.807) is 5.32 Å². The number of aromatic nitrogens is 2. The standard InChI is InChI=1S/C17H20F3N3O6S2/c1-9(31-30-2)28-11-6-13(29-12(11)8-24)23-7-10(14(25)22-16(23)27)4-3-5-21-15(26)17(18,19)20/h7,9,11-13,24H,5-6,8H2,1-2H3,(H,21,26)(H,22,25,27)/t9-,11?,12-,13-/m1/s1. The average molecular weight is 483 g/mol. The first-order chi connectivity index (χ1) is 14.6. The highest BCUT2D eigenvalue weighted by Crippen LogP contribution is 2.33. The summed E-state index contributed by atoms with van der Waals surface area (Å²) in [7, 11) is 2.98. The number of nitrogens with one attached hydrogen (secondary N) is 2. The Morgan fingerprint density at radius 1 is 1.52 bits per heavy atom. The predicted octanol–water partition coefficient (Wildman–Crippen LogP) is 0.589. The number of aromatic amines is 1. The minimum Gasteiger partial charge on any atom is -0.394 e. The van der Waals surface area contributed by atoms with E-state index in [4.69, 9.17) is 9.47 Å². The molecule has 0 radical (unpaired) electrons. The molecule has 9 nitrogen and oxygen atoms in total. The third-order valence-electron chi connectivity index (χ3n) is 4.05. The van der Waals surface area contributed by atoms with Gasteiger partial charge in [0, 0.05) is 12.6 Å². The second-order valence-electron chi connectivity index (χ2n) is 6.24. The molecule has 1 aromatic heterocycles. The number of hydrogen-bond donors (Lipinski definition) is 3. The van der Waals surface area contributed by atoms with E-state index in [2.05, 4.69) is 16.8 Å². The summed E-state index contributed by atoms with van der Waals surface area (Å²) >= 11 is 0. The third-order valence-corrected chi connectivity index (χ3v) is 6.02. The molecule has 1 aromatic rings. The second-order valence-corrected chi connectivity index (χ2v) is 9.01. The highest BCUT2D eigenvalue weighted by molar-refractivity contribution is 8.76. The predicted molar refractivity (Wildman–Crippen MR) is 108 cm³/mol. The van der Waals surface area contributed by atoms with E-state index in [-0.39, 0.29) is 24.0 Å². The lowest BCUT2D eigenvalue weighted by molar-refractivity contribution is -0.173. The monoisotopic (exact) mass is 483 g/mol. The van der Waals surface area contributed by atoms with E-state index in [0.29, 0.717) is 0 Å². The fourth-order valence-electron chi connectivity index (χ4n) is 2.74. The third kappa shape index (κ3) is 7.04. The van der Waals surface area contributed by atoms with Crippen molar-refractivity contribution in [3.05, 3.63) is 32.6 Å². The van der Waals surface area contributed by atoms with Crippen LogP contribution in [0.1, 0.15) is 25.1 Å². The Labute approximate surface area is 182 Å². The molecule has 1 fully saturated rings. The minimum atomic E-state index is -5.04. The van der Waals surface area contributed by atoms with Crippen molar-refractivity contribution in [3.63, 3.8) is 0 Å². The van der Waals surface area contributed by atoms with Crippen molar-refractivity contribution in [2.45, 2.75) is 43.4 Å². The van der Waals surface area contributed by atoms with E-state index >= 15 is 0 Å². The molecule has 0 aromatic carbocycles. The lowest BCUT2D eigenvalue weighted by Crippen LogP contribution is -2.37. The van der Waals surface area contributed by atoms with Crippen LogP contribution < -0.4 is 16.6 Å². The molecule has 4 atom stereocenters. The Hall–Kier alpha value is -1.92. The minimum absolute atomic E-state index is 0.197. The fourth-order valence-corrected chi connectivity index (χ4v) is 4.14. The number of nitrogens with zero attached hydrogens (tertiary/aromatic N) is 1. The fraction of sp³-hybridized carbons (Fsp3) is 0.588. The van der Waals surface area contributed by atoms with Crippen LogP contribution in [0.15, 0.2) is 15.8 Å². The molecule has 172 valence electrons. The SMILES string of the molecule is CSS[C@H](C)OC1C[C@H](n2cc(C#CCNC(=O)C(F)(F)F)c(=O)[nH]c2=O)O[C@@H]1CO. The topological polar surface area (TPSA) is 123 Å². The summed E-state index contributed by atoms with van der Waals surface area (Å²) in [4.78, 5) is 37.0. The normalized spacial score (nSPS) is 21.9. The van der Waals surface area contributed by atoms with Crippen LogP contribution in [0.2, 0.25) is 0 Å². The molecule has 1 saturated heterocycles. The molecule has 0 spiro atoms. The van der Waals surface area contributed by atoms with Gasteiger partial charge in [-0.15, -0.1) is 0 Å². The first kappa shape index (κ1) is 25.3. The lowest BCUT2D eigenvalue weighted by Gasteiger charge is -2.20. The molecule has 2 heterocycles. The Kier molecular flexibility index (Phi) is 9.07. The Bertz CT molecular complexity index is 955. The van der Waals surface area contributed by atoms with Gasteiger partial charge in [-0.3, -0.25) is 19.1 Å². The van der Waals surface area contributed by atoms with Crippen molar-refractivity contribution in [1.82, 2.24) is 14.9 Å². The number of H-pyrrole nitrogens is 1. The van der Waals surface area contributed by atoms with Crippen molar-refractivity contribution < 1.29 is 32.5 Å². The van der Waals surface area contributed by atoms with Crippen LogP contribution in [0.5, 0.6) is 0 Å². The van der Waals surface area contributed by atoms with Gasteiger partial charge in [-0.1, -0.05) is 33.4 Å². The van der Waals surface area contributed by atoms with Gasteiger partial charge >= 0.3 is 17.8 Å². The first-order valence-electron chi connectivity index (χ1n) is 8.87. The molecule has 0 aliphatic carbocycles. The van der Waals surface area contributed by atoms with Gasteiger partial charge < -0.3 is 19.9 Å². The van der Waals surface area contributed by atoms with E-state index in [1.165, 1.54) is 21.6 Å². The van der Waals surface area contributed by atoms with E-state index in [0.717, 1.165) is 10.8 Å². The molecule has 31 heavy (non-hydrogen) atoms. The lowest BCUT2D eigenvalue weighted by atomic mass is 10.2. The van der Waals surface area contributed by atoms with Crippen LogP contribution in [-0.2, 0) is 14.3 Å². The zero-order chi connectivity index (χ0) is 23.2. The van der Waals surface area contributed by atoms with E-state index in [1.807, 2.05) is 13.2 Å². The van der Waals surface area contributed by atoms with Crippen LogP contribution in [0, 0.1) is 11.8 Å². The number of aliphatic hydroxyl groups is 1. The summed E-state index contributed by atoms with van der Waals surface area (Å²) in [5.74, 6) is 2.38. The number of hydrogen-bond acceptors (Lipinski definition) is 8. The van der Waals surface area contributed by atoms with Crippen molar-refractivity contribution in [1.29, 1.82) is 0 Å². The Morgan fingerprint density at radius 2 is 2.23 bits per heavy atom. The molecule has 3 N–H and O–H groups in total. The van der Waals surface area contributed by atoms with Gasteiger partial charge in [0.1, 0.15) is 23.3 Å². The van der Waals surface area contributed by atoms with Crippen LogP contribution >= 0.6 is 21.6 Å². The van der Waals surface area contributed by atoms with Crippen LogP contribution in [0.3, 0.4) is 0 Å². The molecule has 1 aliphatic heterocycles. The number of halogens is 3. The molecular formula is C17H20F3N3O6S2. The van der Waals surface area contributed by atoms with Crippen LogP contribution in [0.4, 0.5) is 13.2 Å². The van der Waals surface area contributed by atoms with Crippen molar-refractivity contribution in [2.24, 2.45) is 0 Å². The number of alkyl halides is 3. The summed E-state index contributed by atoms with van der Waals surface area (Å²) in [5.41, 5.74) is -2.03. The summed E-state index contributed by atoms with van der Waals surface area (Å²) in [6.07, 6.45) is -3.88.